The van der Waals surface area contributed by atoms with Gasteiger partial charge in [-0.3, -0.25) is 0 Å². The Balaban J connectivity index is 2.11. The van der Waals surface area contributed by atoms with E-state index < -0.39 is 11.0 Å². The second-order valence-electron chi connectivity index (χ2n) is 4.27. The van der Waals surface area contributed by atoms with Crippen LogP contribution in [0.3, 0.4) is 0 Å². The van der Waals surface area contributed by atoms with Gasteiger partial charge in [-0.1, -0.05) is 11.6 Å². The highest BCUT2D eigenvalue weighted by Gasteiger charge is 2.48. The normalized spacial score (nSPS) is 25.8. The average molecular weight is 259 g/mol. The molecule has 0 radical (unpaired) electrons. The minimum Gasteiger partial charge on any atom is -0.469 e. The minimum absolute atomic E-state index is 0.202. The molecule has 1 aromatic rings. The number of aryl methyl sites for hydroxylation is 1. The molecule has 1 aliphatic heterocycles. The molecule has 16 heavy (non-hydrogen) atoms. The topological polar surface area (TPSA) is 51.2 Å². The third-order valence-corrected chi connectivity index (χ3v) is 4.41. The molecule has 3 rings (SSSR count). The third-order valence-electron chi connectivity index (χ3n) is 2.93. The molecule has 1 saturated carbocycles. The zero-order valence-corrected chi connectivity index (χ0v) is 10.3. The van der Waals surface area contributed by atoms with Crippen LogP contribution in [0.4, 0.5) is 0 Å². The highest BCUT2D eigenvalue weighted by atomic mass is 35.5. The van der Waals surface area contributed by atoms with Crippen LogP contribution in [0.2, 0.25) is 5.15 Å². The molecule has 0 aromatic carbocycles. The fraction of sp³-hybridized carbons (Fsp3) is 0.500. The van der Waals surface area contributed by atoms with Gasteiger partial charge in [0, 0.05) is 6.54 Å². The summed E-state index contributed by atoms with van der Waals surface area (Å²) in [5, 5.41) is 0.411. The maximum Gasteiger partial charge on any atom is 0.233 e. The SMILES string of the molecule is Cc1cc2c(nc1Cl)OC1(CC1)CNS2=O. The van der Waals surface area contributed by atoms with E-state index in [2.05, 4.69) is 9.71 Å². The van der Waals surface area contributed by atoms with Gasteiger partial charge in [0.2, 0.25) is 5.88 Å². The number of ether oxygens (including phenoxy) is 1. The fourth-order valence-corrected chi connectivity index (χ4v) is 2.90. The fourth-order valence-electron chi connectivity index (χ4n) is 1.69. The van der Waals surface area contributed by atoms with Crippen LogP contribution in [0.25, 0.3) is 0 Å². The molecule has 1 unspecified atom stereocenters. The lowest BCUT2D eigenvalue weighted by Crippen LogP contribution is -2.31. The Morgan fingerprint density at radius 2 is 2.38 bits per heavy atom. The summed E-state index contributed by atoms with van der Waals surface area (Å²) in [7, 11) is -1.25. The van der Waals surface area contributed by atoms with Gasteiger partial charge < -0.3 is 4.74 Å². The molecule has 2 heterocycles. The number of rotatable bonds is 0. The molecule has 86 valence electrons. The van der Waals surface area contributed by atoms with E-state index >= 15 is 0 Å². The van der Waals surface area contributed by atoms with Gasteiger partial charge in [0.1, 0.15) is 26.6 Å². The van der Waals surface area contributed by atoms with Crippen LogP contribution in [0.5, 0.6) is 5.88 Å². The smallest absolute Gasteiger partial charge is 0.233 e. The van der Waals surface area contributed by atoms with Gasteiger partial charge in [0.15, 0.2) is 0 Å². The van der Waals surface area contributed by atoms with Crippen LogP contribution in [0.15, 0.2) is 11.0 Å². The van der Waals surface area contributed by atoms with Crippen molar-refractivity contribution >= 4 is 22.6 Å². The number of hydrogen-bond acceptors (Lipinski definition) is 3. The van der Waals surface area contributed by atoms with Crippen LogP contribution < -0.4 is 9.46 Å². The van der Waals surface area contributed by atoms with Crippen molar-refractivity contribution in [1.29, 1.82) is 0 Å². The van der Waals surface area contributed by atoms with E-state index in [-0.39, 0.29) is 5.60 Å². The number of hydrogen-bond donors (Lipinski definition) is 1. The van der Waals surface area contributed by atoms with Gasteiger partial charge in [-0.25, -0.2) is 13.9 Å². The molecule has 1 N–H and O–H groups in total. The van der Waals surface area contributed by atoms with Crippen LogP contribution >= 0.6 is 11.6 Å². The van der Waals surface area contributed by atoms with Gasteiger partial charge in [-0.05, 0) is 31.4 Å². The number of nitrogens with one attached hydrogen (secondary N) is 1. The van der Waals surface area contributed by atoms with Gasteiger partial charge in [0.25, 0.3) is 0 Å². The van der Waals surface area contributed by atoms with Crippen molar-refractivity contribution in [3.8, 4) is 5.88 Å². The van der Waals surface area contributed by atoms with Crippen LogP contribution in [-0.2, 0) is 11.0 Å². The monoisotopic (exact) mass is 258 g/mol. The van der Waals surface area contributed by atoms with Gasteiger partial charge in [-0.15, -0.1) is 0 Å². The largest absolute Gasteiger partial charge is 0.469 e. The Morgan fingerprint density at radius 1 is 1.62 bits per heavy atom. The van der Waals surface area contributed by atoms with E-state index in [0.29, 0.717) is 22.5 Å². The van der Waals surface area contributed by atoms with Crippen molar-refractivity contribution in [2.45, 2.75) is 30.3 Å². The second kappa shape index (κ2) is 3.42. The van der Waals surface area contributed by atoms with E-state index in [9.17, 15) is 4.21 Å². The molecule has 4 nitrogen and oxygen atoms in total. The first-order valence-corrected chi connectivity index (χ1v) is 6.64. The summed E-state index contributed by atoms with van der Waals surface area (Å²) >= 11 is 5.95. The Morgan fingerprint density at radius 3 is 3.06 bits per heavy atom. The molecular formula is C10H11ClN2O2S. The molecule has 2 aliphatic rings. The van der Waals surface area contributed by atoms with Crippen molar-refractivity contribution in [3.05, 3.63) is 16.8 Å². The quantitative estimate of drug-likeness (QED) is 0.719. The summed E-state index contributed by atoms with van der Waals surface area (Å²) in [6.07, 6.45) is 1.95. The summed E-state index contributed by atoms with van der Waals surface area (Å²) in [5.41, 5.74) is 0.609. The van der Waals surface area contributed by atoms with E-state index in [1.165, 1.54) is 0 Å². The van der Waals surface area contributed by atoms with E-state index in [1.807, 2.05) is 6.92 Å². The molecule has 1 fully saturated rings. The van der Waals surface area contributed by atoms with E-state index in [4.69, 9.17) is 16.3 Å². The standard InChI is InChI=1S/C10H11ClN2O2S/c1-6-4-7-9(13-8(6)11)15-10(2-3-10)5-12-16(7)14/h4,12H,2-3,5H2,1H3. The number of fused-ring (bicyclic) bond motifs is 1. The molecule has 6 heteroatoms. The number of aromatic nitrogens is 1. The van der Waals surface area contributed by atoms with E-state index in [1.54, 1.807) is 6.07 Å². The van der Waals surface area contributed by atoms with Crippen molar-refractivity contribution in [2.75, 3.05) is 6.54 Å². The lowest BCUT2D eigenvalue weighted by molar-refractivity contribution is 0.174. The number of halogens is 1. The van der Waals surface area contributed by atoms with Crippen LogP contribution in [0.1, 0.15) is 18.4 Å². The zero-order valence-electron chi connectivity index (χ0n) is 8.75. The van der Waals surface area contributed by atoms with Crippen molar-refractivity contribution in [2.24, 2.45) is 0 Å². The van der Waals surface area contributed by atoms with Gasteiger partial charge in [0.05, 0.1) is 0 Å². The molecule has 0 bridgehead atoms. The highest BCUT2D eigenvalue weighted by molar-refractivity contribution is 7.83. The molecule has 0 saturated heterocycles. The molecule has 1 spiro atoms. The Labute approximate surface area is 101 Å². The van der Waals surface area contributed by atoms with Gasteiger partial charge in [-0.2, -0.15) is 0 Å². The van der Waals surface area contributed by atoms with Crippen molar-refractivity contribution in [3.63, 3.8) is 0 Å². The van der Waals surface area contributed by atoms with Crippen molar-refractivity contribution in [1.82, 2.24) is 9.71 Å². The van der Waals surface area contributed by atoms with Crippen molar-refractivity contribution < 1.29 is 8.95 Å². The average Bonchev–Trinajstić information content (AvgIpc) is 3.01. The van der Waals surface area contributed by atoms with Crippen LogP contribution in [0, 0.1) is 6.92 Å². The Kier molecular flexibility index (Phi) is 2.24. The van der Waals surface area contributed by atoms with E-state index in [0.717, 1.165) is 18.4 Å². The maximum absolute atomic E-state index is 11.9. The number of pyridine rings is 1. The summed E-state index contributed by atoms with van der Waals surface area (Å²) in [4.78, 5) is 4.76. The first kappa shape index (κ1) is 10.5. The molecule has 1 atom stereocenters. The zero-order chi connectivity index (χ0) is 11.3. The first-order valence-electron chi connectivity index (χ1n) is 5.11. The second-order valence-corrected chi connectivity index (χ2v) is 5.90. The van der Waals surface area contributed by atoms with Crippen LogP contribution in [-0.4, -0.2) is 21.3 Å². The summed E-state index contributed by atoms with van der Waals surface area (Å²) in [6.45, 7) is 2.44. The number of nitrogens with zero attached hydrogens (tertiary/aromatic N) is 1. The lowest BCUT2D eigenvalue weighted by atomic mass is 10.3. The predicted molar refractivity (Wildman–Crippen MR) is 61.0 cm³/mol. The Bertz CT molecular complexity index is 488. The maximum atomic E-state index is 11.9. The first-order chi connectivity index (χ1) is 7.60. The van der Waals surface area contributed by atoms with Gasteiger partial charge >= 0.3 is 0 Å². The minimum atomic E-state index is -1.25. The molecule has 1 aromatic heterocycles. The summed E-state index contributed by atoms with van der Waals surface area (Å²) in [5.74, 6) is 0.413. The highest BCUT2D eigenvalue weighted by Crippen LogP contribution is 2.42. The summed E-state index contributed by atoms with van der Waals surface area (Å²) in [6, 6.07) is 1.77. The lowest BCUT2D eigenvalue weighted by Gasteiger charge is -2.13. The predicted octanol–water partition coefficient (Wildman–Crippen LogP) is 1.58. The molecule has 1 aliphatic carbocycles. The summed E-state index contributed by atoms with van der Waals surface area (Å²) < 4.78 is 20.7. The third kappa shape index (κ3) is 1.63. The molecule has 0 amide bonds. The molecular weight excluding hydrogens is 248 g/mol. The Hall–Kier alpha value is -0.650.